The largest absolute Gasteiger partial charge is 1.00 e. The van der Waals surface area contributed by atoms with E-state index in [4.69, 9.17) is 0 Å². The van der Waals surface area contributed by atoms with Crippen LogP contribution in [0.2, 0.25) is 0 Å². The third kappa shape index (κ3) is 6.12. The zero-order chi connectivity index (χ0) is 22.0. The van der Waals surface area contributed by atoms with Crippen molar-refractivity contribution >= 4 is 0 Å². The van der Waals surface area contributed by atoms with Gasteiger partial charge in [0.1, 0.15) is 0 Å². The molecule has 0 aliphatic carbocycles. The molecular formula is C30H37IZn-. The van der Waals surface area contributed by atoms with Gasteiger partial charge in [-0.15, -0.1) is 0 Å². The van der Waals surface area contributed by atoms with Crippen molar-refractivity contribution in [1.82, 2.24) is 0 Å². The predicted octanol–water partition coefficient (Wildman–Crippen LogP) is 6.32. The van der Waals surface area contributed by atoms with Gasteiger partial charge in [0, 0.05) is 19.5 Å². The van der Waals surface area contributed by atoms with Crippen LogP contribution in [0.5, 0.6) is 0 Å². The van der Waals surface area contributed by atoms with Crippen molar-refractivity contribution in [3.8, 4) is 22.3 Å². The Labute approximate surface area is 226 Å². The molecule has 0 aliphatic heterocycles. The Morgan fingerprint density at radius 2 is 0.719 bits per heavy atom. The summed E-state index contributed by atoms with van der Waals surface area (Å²) in [4.78, 5) is 0. The summed E-state index contributed by atoms with van der Waals surface area (Å²) in [6.45, 7) is 18.3. The van der Waals surface area contributed by atoms with Gasteiger partial charge in [-0.3, -0.25) is 0 Å². The normalized spacial score (nSPS) is 11.1. The minimum absolute atomic E-state index is 0. The summed E-state index contributed by atoms with van der Waals surface area (Å²) in [6.07, 6.45) is 0. The monoisotopic (exact) mass is 588 g/mol. The molecule has 0 aliphatic rings. The molecule has 3 rings (SSSR count). The number of rotatable bonds is 6. The van der Waals surface area contributed by atoms with Gasteiger partial charge >= 0.3 is 0 Å². The van der Waals surface area contributed by atoms with Crippen molar-refractivity contribution < 1.29 is 43.5 Å². The Kier molecular flexibility index (Phi) is 11.3. The van der Waals surface area contributed by atoms with Crippen molar-refractivity contribution in [2.24, 2.45) is 0 Å². The van der Waals surface area contributed by atoms with Gasteiger partial charge in [-0.05, 0) is 74.2 Å². The minimum atomic E-state index is 0. The maximum Gasteiger partial charge on any atom is 0 e. The summed E-state index contributed by atoms with van der Waals surface area (Å²) in [7, 11) is 0. The smallest absolute Gasteiger partial charge is 0 e. The molecule has 0 nitrogen and oxygen atoms in total. The first kappa shape index (κ1) is 29.0. The van der Waals surface area contributed by atoms with Gasteiger partial charge in [0.05, 0.1) is 0 Å². The van der Waals surface area contributed by atoms with Gasteiger partial charge in [0.15, 0.2) is 0 Å². The van der Waals surface area contributed by atoms with E-state index in [-0.39, 0.29) is 43.5 Å². The van der Waals surface area contributed by atoms with E-state index >= 15 is 0 Å². The molecule has 0 unspecified atom stereocenters. The standard InChI is InChI=1S/C30H37.HI.Zn/c1-19(2)25-14-10-15-26(20(3)4)29(25)23-12-9-13-24(18-23)30-27(21(5)6)16-11-17-28(30)22(7)8;;/h9-17,19-22H,1-8H3;1H;/p-1. The summed E-state index contributed by atoms with van der Waals surface area (Å²) in [5, 5.41) is 0. The molecule has 167 valence electrons. The molecule has 32 heavy (non-hydrogen) atoms. The van der Waals surface area contributed by atoms with Crippen LogP contribution in [0.4, 0.5) is 0 Å². The molecule has 0 fully saturated rings. The SMILES string of the molecule is CC(C)c1cccc(C(C)C)c1-c1[c]c(-c2c(C(C)C)cccc2C(C)C)ccc1.[I-].[Zn]. The van der Waals surface area contributed by atoms with Crippen LogP contribution in [0.3, 0.4) is 0 Å². The van der Waals surface area contributed by atoms with Crippen LogP contribution in [-0.2, 0) is 19.5 Å². The average Bonchev–Trinajstić information content (AvgIpc) is 2.72. The molecule has 0 heterocycles. The molecule has 0 saturated heterocycles. The number of benzene rings is 3. The first-order chi connectivity index (χ1) is 14.2. The van der Waals surface area contributed by atoms with E-state index in [1.807, 2.05) is 0 Å². The molecular weight excluding hydrogens is 553 g/mol. The Morgan fingerprint density at radius 3 is 0.969 bits per heavy atom. The van der Waals surface area contributed by atoms with E-state index < -0.39 is 0 Å². The van der Waals surface area contributed by atoms with E-state index in [0.717, 1.165) is 0 Å². The summed E-state index contributed by atoms with van der Waals surface area (Å²) in [6, 6.07) is 24.1. The van der Waals surface area contributed by atoms with Gasteiger partial charge in [-0.25, -0.2) is 0 Å². The van der Waals surface area contributed by atoms with E-state index in [2.05, 4.69) is 116 Å². The van der Waals surface area contributed by atoms with Crippen LogP contribution in [0.15, 0.2) is 54.6 Å². The van der Waals surface area contributed by atoms with Crippen molar-refractivity contribution in [2.75, 3.05) is 0 Å². The summed E-state index contributed by atoms with van der Waals surface area (Å²) < 4.78 is 0. The zero-order valence-electron chi connectivity index (χ0n) is 21.1. The van der Waals surface area contributed by atoms with Crippen LogP contribution < -0.4 is 24.0 Å². The molecule has 0 amide bonds. The van der Waals surface area contributed by atoms with Crippen LogP contribution in [0, 0.1) is 6.07 Å². The quantitative estimate of drug-likeness (QED) is 0.233. The Balaban J connectivity index is 0.00000256. The summed E-state index contributed by atoms with van der Waals surface area (Å²) in [5.74, 6) is 1.91. The minimum Gasteiger partial charge on any atom is -1.00 e. The third-order valence-electron chi connectivity index (χ3n) is 6.08. The molecule has 0 spiro atoms. The Morgan fingerprint density at radius 1 is 0.469 bits per heavy atom. The fraction of sp³-hybridized carbons (Fsp3) is 0.400. The molecule has 3 aromatic carbocycles. The molecule has 0 aromatic heterocycles. The molecule has 0 saturated carbocycles. The summed E-state index contributed by atoms with van der Waals surface area (Å²) in [5.41, 5.74) is 10.8. The van der Waals surface area contributed by atoms with Gasteiger partial charge in [-0.2, -0.15) is 0 Å². The Hall–Kier alpha value is -0.987. The predicted molar refractivity (Wildman–Crippen MR) is 133 cm³/mol. The maximum atomic E-state index is 3.86. The molecule has 0 N–H and O–H groups in total. The molecule has 3 aromatic rings. The second-order valence-corrected chi connectivity index (χ2v) is 9.72. The second kappa shape index (κ2) is 12.5. The number of halogens is 1. The van der Waals surface area contributed by atoms with Gasteiger partial charge in [0.2, 0.25) is 0 Å². The van der Waals surface area contributed by atoms with E-state index in [1.165, 1.54) is 44.5 Å². The zero-order valence-corrected chi connectivity index (χ0v) is 26.2. The first-order valence-electron chi connectivity index (χ1n) is 11.5. The van der Waals surface area contributed by atoms with Crippen LogP contribution in [-0.4, -0.2) is 0 Å². The van der Waals surface area contributed by atoms with Gasteiger partial charge < -0.3 is 24.0 Å². The average molecular weight is 590 g/mol. The van der Waals surface area contributed by atoms with Gasteiger partial charge in [0.25, 0.3) is 0 Å². The first-order valence-corrected chi connectivity index (χ1v) is 11.5. The van der Waals surface area contributed by atoms with Crippen molar-refractivity contribution in [3.05, 3.63) is 82.9 Å². The molecule has 1 radical (unpaired) electrons. The van der Waals surface area contributed by atoms with E-state index in [9.17, 15) is 0 Å². The molecule has 0 atom stereocenters. The number of hydrogen-bond donors (Lipinski definition) is 0. The molecule has 2 heteroatoms. The van der Waals surface area contributed by atoms with Crippen LogP contribution in [0.1, 0.15) is 101 Å². The molecule has 0 bridgehead atoms. The van der Waals surface area contributed by atoms with Crippen molar-refractivity contribution in [1.29, 1.82) is 0 Å². The van der Waals surface area contributed by atoms with Crippen LogP contribution >= 0.6 is 0 Å². The fourth-order valence-corrected chi connectivity index (χ4v) is 4.48. The third-order valence-corrected chi connectivity index (χ3v) is 6.08. The summed E-state index contributed by atoms with van der Waals surface area (Å²) >= 11 is 0. The van der Waals surface area contributed by atoms with Crippen LogP contribution in [0.25, 0.3) is 22.3 Å². The fourth-order valence-electron chi connectivity index (χ4n) is 4.48. The topological polar surface area (TPSA) is 0 Å². The Bertz CT molecular complexity index is 884. The van der Waals surface area contributed by atoms with Gasteiger partial charge in [-0.1, -0.05) is 110 Å². The van der Waals surface area contributed by atoms with E-state index in [1.54, 1.807) is 0 Å². The van der Waals surface area contributed by atoms with Crippen molar-refractivity contribution in [3.63, 3.8) is 0 Å². The number of hydrogen-bond acceptors (Lipinski definition) is 0. The van der Waals surface area contributed by atoms with Crippen molar-refractivity contribution in [2.45, 2.75) is 79.1 Å². The maximum absolute atomic E-state index is 3.86. The second-order valence-electron chi connectivity index (χ2n) is 9.72. The van der Waals surface area contributed by atoms with E-state index in [0.29, 0.717) is 23.7 Å².